The molecule has 3 N–H and O–H groups in total. The van der Waals surface area contributed by atoms with E-state index in [1.807, 2.05) is 0 Å². The van der Waals surface area contributed by atoms with E-state index in [9.17, 15) is 4.79 Å². The van der Waals surface area contributed by atoms with Crippen molar-refractivity contribution in [2.75, 3.05) is 20.3 Å². The summed E-state index contributed by atoms with van der Waals surface area (Å²) in [4.78, 5) is 12.1. The molecule has 5 heteroatoms. The van der Waals surface area contributed by atoms with Gasteiger partial charge >= 0.3 is 0 Å². The number of carbonyl (C=O) groups is 1. The van der Waals surface area contributed by atoms with Gasteiger partial charge in [-0.05, 0) is 12.8 Å². The third kappa shape index (κ3) is 2.07. The van der Waals surface area contributed by atoms with Gasteiger partial charge in [-0.2, -0.15) is 0 Å². The first kappa shape index (κ1) is 12.8. The van der Waals surface area contributed by atoms with Gasteiger partial charge in [0.1, 0.15) is 5.54 Å². The fourth-order valence-electron chi connectivity index (χ4n) is 2.59. The quantitative estimate of drug-likeness (QED) is 0.732. The molecule has 2 fully saturated rings. The van der Waals surface area contributed by atoms with E-state index >= 15 is 0 Å². The average molecular weight is 242 g/mol. The van der Waals surface area contributed by atoms with Crippen LogP contribution in [-0.2, 0) is 14.3 Å². The molecule has 3 unspecified atom stereocenters. The summed E-state index contributed by atoms with van der Waals surface area (Å²) in [5.41, 5.74) is 5.15. The molecule has 5 nitrogen and oxygen atoms in total. The van der Waals surface area contributed by atoms with Crippen molar-refractivity contribution in [2.45, 2.75) is 44.4 Å². The van der Waals surface area contributed by atoms with Gasteiger partial charge in [-0.25, -0.2) is 0 Å². The lowest BCUT2D eigenvalue weighted by atomic mass is 9.64. The summed E-state index contributed by atoms with van der Waals surface area (Å²) in [7, 11) is 1.71. The van der Waals surface area contributed by atoms with Crippen molar-refractivity contribution >= 4 is 5.91 Å². The molecular weight excluding hydrogens is 220 g/mol. The highest BCUT2D eigenvalue weighted by Crippen LogP contribution is 2.42. The van der Waals surface area contributed by atoms with Gasteiger partial charge in [0.05, 0.1) is 12.7 Å². The molecule has 3 atom stereocenters. The number of nitrogens with one attached hydrogen (secondary N) is 1. The van der Waals surface area contributed by atoms with Crippen molar-refractivity contribution in [1.29, 1.82) is 0 Å². The fourth-order valence-corrected chi connectivity index (χ4v) is 2.59. The van der Waals surface area contributed by atoms with Gasteiger partial charge in [0.25, 0.3) is 0 Å². The Hall–Kier alpha value is -0.650. The number of hydrogen-bond donors (Lipinski definition) is 2. The molecule has 0 bridgehead atoms. The molecular formula is C12H22N2O3. The van der Waals surface area contributed by atoms with E-state index in [1.54, 1.807) is 7.11 Å². The Morgan fingerprint density at radius 1 is 1.53 bits per heavy atom. The largest absolute Gasteiger partial charge is 0.381 e. The van der Waals surface area contributed by atoms with Crippen LogP contribution in [0.25, 0.3) is 0 Å². The summed E-state index contributed by atoms with van der Waals surface area (Å²) in [6.07, 6.45) is 1.66. The number of carbonyl (C=O) groups excluding carboxylic acids is 1. The van der Waals surface area contributed by atoms with Crippen LogP contribution in [0.4, 0.5) is 0 Å². The first-order valence-electron chi connectivity index (χ1n) is 6.10. The summed E-state index contributed by atoms with van der Waals surface area (Å²) in [6.45, 7) is 5.09. The van der Waals surface area contributed by atoms with E-state index in [0.717, 1.165) is 6.42 Å². The SMILES string of the molecule is COC1CC(NC(=O)C2(N)CCOC2)C1(C)C. The lowest BCUT2D eigenvalue weighted by Crippen LogP contribution is -2.66. The smallest absolute Gasteiger partial charge is 0.242 e. The number of ether oxygens (including phenoxy) is 2. The monoisotopic (exact) mass is 242 g/mol. The fraction of sp³-hybridized carbons (Fsp3) is 0.917. The molecule has 17 heavy (non-hydrogen) atoms. The predicted octanol–water partition coefficient (Wildman–Crippen LogP) is 0.0339. The lowest BCUT2D eigenvalue weighted by molar-refractivity contribution is -0.137. The van der Waals surface area contributed by atoms with Crippen LogP contribution in [0.2, 0.25) is 0 Å². The van der Waals surface area contributed by atoms with Crippen molar-refractivity contribution < 1.29 is 14.3 Å². The maximum Gasteiger partial charge on any atom is 0.242 e. The van der Waals surface area contributed by atoms with E-state index in [-0.39, 0.29) is 23.5 Å². The minimum Gasteiger partial charge on any atom is -0.381 e. The molecule has 1 amide bonds. The van der Waals surface area contributed by atoms with Crippen LogP contribution in [-0.4, -0.2) is 43.9 Å². The van der Waals surface area contributed by atoms with Crippen molar-refractivity contribution in [3.8, 4) is 0 Å². The van der Waals surface area contributed by atoms with Gasteiger partial charge in [-0.3, -0.25) is 4.79 Å². The Kier molecular flexibility index (Phi) is 3.18. The zero-order chi connectivity index (χ0) is 12.7. The highest BCUT2D eigenvalue weighted by atomic mass is 16.5. The van der Waals surface area contributed by atoms with Gasteiger partial charge in [-0.15, -0.1) is 0 Å². The molecule has 1 saturated heterocycles. The van der Waals surface area contributed by atoms with Crippen LogP contribution >= 0.6 is 0 Å². The summed E-state index contributed by atoms with van der Waals surface area (Å²) in [5.74, 6) is -0.0948. The molecule has 0 aromatic carbocycles. The molecule has 1 saturated carbocycles. The highest BCUT2D eigenvalue weighted by molar-refractivity contribution is 5.87. The van der Waals surface area contributed by atoms with Crippen LogP contribution in [0.5, 0.6) is 0 Å². The normalized spacial score (nSPS) is 39.8. The second-order valence-electron chi connectivity index (χ2n) is 5.77. The van der Waals surface area contributed by atoms with Crippen molar-refractivity contribution in [1.82, 2.24) is 5.32 Å². The van der Waals surface area contributed by atoms with E-state index in [4.69, 9.17) is 15.2 Å². The van der Waals surface area contributed by atoms with E-state index < -0.39 is 5.54 Å². The zero-order valence-corrected chi connectivity index (χ0v) is 10.8. The average Bonchev–Trinajstić information content (AvgIpc) is 2.71. The third-order valence-electron chi connectivity index (χ3n) is 4.27. The molecule has 0 radical (unpaired) electrons. The zero-order valence-electron chi connectivity index (χ0n) is 10.8. The molecule has 98 valence electrons. The minimum atomic E-state index is -0.839. The van der Waals surface area contributed by atoms with Gasteiger partial charge in [0.15, 0.2) is 0 Å². The van der Waals surface area contributed by atoms with Crippen LogP contribution in [0.1, 0.15) is 26.7 Å². The van der Waals surface area contributed by atoms with Gasteiger partial charge < -0.3 is 20.5 Å². The Labute approximate surface area is 102 Å². The van der Waals surface area contributed by atoms with Crippen LogP contribution in [0.3, 0.4) is 0 Å². The van der Waals surface area contributed by atoms with E-state index in [1.165, 1.54) is 0 Å². The van der Waals surface area contributed by atoms with Crippen LogP contribution < -0.4 is 11.1 Å². The molecule has 1 aliphatic carbocycles. The maximum atomic E-state index is 12.1. The molecule has 1 aliphatic heterocycles. The van der Waals surface area contributed by atoms with E-state index in [2.05, 4.69) is 19.2 Å². The van der Waals surface area contributed by atoms with Gasteiger partial charge in [0, 0.05) is 25.2 Å². The number of nitrogens with two attached hydrogens (primary N) is 1. The van der Waals surface area contributed by atoms with Crippen molar-refractivity contribution in [3.05, 3.63) is 0 Å². The lowest BCUT2D eigenvalue weighted by Gasteiger charge is -2.51. The van der Waals surface area contributed by atoms with Crippen molar-refractivity contribution in [2.24, 2.45) is 11.1 Å². The number of hydrogen-bond acceptors (Lipinski definition) is 4. The standard InChI is InChI=1S/C12H22N2O3/c1-11(2)8(6-9(11)16-3)14-10(15)12(13)4-5-17-7-12/h8-9H,4-7,13H2,1-3H3,(H,14,15). The third-order valence-corrected chi connectivity index (χ3v) is 4.27. The Balaban J connectivity index is 1.92. The van der Waals surface area contributed by atoms with Crippen LogP contribution in [0.15, 0.2) is 0 Å². The molecule has 0 aromatic rings. The summed E-state index contributed by atoms with van der Waals surface area (Å²) >= 11 is 0. The molecule has 0 spiro atoms. The molecule has 2 rings (SSSR count). The Morgan fingerprint density at radius 2 is 2.24 bits per heavy atom. The topological polar surface area (TPSA) is 73.6 Å². The Bertz CT molecular complexity index is 311. The first-order valence-corrected chi connectivity index (χ1v) is 6.10. The maximum absolute atomic E-state index is 12.1. The first-order chi connectivity index (χ1) is 7.90. The van der Waals surface area contributed by atoms with Crippen molar-refractivity contribution in [3.63, 3.8) is 0 Å². The number of methoxy groups -OCH3 is 1. The minimum absolute atomic E-state index is 0.0275. The summed E-state index contributed by atoms with van der Waals surface area (Å²) < 4.78 is 10.6. The predicted molar refractivity (Wildman–Crippen MR) is 63.5 cm³/mol. The Morgan fingerprint density at radius 3 is 2.71 bits per heavy atom. The summed E-state index contributed by atoms with van der Waals surface area (Å²) in [6, 6.07) is 0.140. The van der Waals surface area contributed by atoms with Crippen LogP contribution in [0, 0.1) is 5.41 Å². The number of rotatable bonds is 3. The molecule has 0 aromatic heterocycles. The van der Waals surface area contributed by atoms with E-state index in [0.29, 0.717) is 19.6 Å². The highest BCUT2D eigenvalue weighted by Gasteiger charge is 2.51. The summed E-state index contributed by atoms with van der Waals surface area (Å²) in [5, 5.41) is 3.03. The number of amides is 1. The van der Waals surface area contributed by atoms with Gasteiger partial charge in [-0.1, -0.05) is 13.8 Å². The second-order valence-corrected chi connectivity index (χ2v) is 5.77. The molecule has 1 heterocycles. The van der Waals surface area contributed by atoms with Gasteiger partial charge in [0.2, 0.25) is 5.91 Å². The second kappa shape index (κ2) is 4.23. The molecule has 2 aliphatic rings.